The number of rotatable bonds is 2. The molecule has 0 saturated carbocycles. The fourth-order valence-corrected chi connectivity index (χ4v) is 3.66. The number of carbonyl (C=O) groups excluding carboxylic acids is 1. The predicted molar refractivity (Wildman–Crippen MR) is 86.9 cm³/mol. The minimum Gasteiger partial charge on any atom is -0.333 e. The van der Waals surface area contributed by atoms with Crippen LogP contribution in [0.25, 0.3) is 11.1 Å². The molecule has 4 rings (SSSR count). The normalized spacial score (nSPS) is 26.3. The summed E-state index contributed by atoms with van der Waals surface area (Å²) in [5, 5.41) is 6.71. The third-order valence-corrected chi connectivity index (χ3v) is 4.92. The third kappa shape index (κ3) is 2.44. The molecule has 1 amide bonds. The van der Waals surface area contributed by atoms with Gasteiger partial charge in [0.1, 0.15) is 0 Å². The molecule has 3 heterocycles. The van der Waals surface area contributed by atoms with Gasteiger partial charge in [0, 0.05) is 30.5 Å². The molecule has 2 bridgehead atoms. The first-order valence-electron chi connectivity index (χ1n) is 8.01. The Labute approximate surface area is 130 Å². The van der Waals surface area contributed by atoms with Crippen molar-refractivity contribution in [3.63, 3.8) is 0 Å². The van der Waals surface area contributed by atoms with E-state index in [4.69, 9.17) is 0 Å². The molecule has 2 aliphatic heterocycles. The summed E-state index contributed by atoms with van der Waals surface area (Å²) in [6, 6.07) is 11.7. The van der Waals surface area contributed by atoms with Crippen LogP contribution < -0.4 is 10.6 Å². The Morgan fingerprint density at radius 3 is 2.68 bits per heavy atom. The van der Waals surface area contributed by atoms with Crippen molar-refractivity contribution in [2.45, 2.75) is 44.3 Å². The largest absolute Gasteiger partial charge is 0.333 e. The second kappa shape index (κ2) is 5.29. The topological polar surface area (TPSA) is 46.1 Å². The lowest BCUT2D eigenvalue weighted by Crippen LogP contribution is -2.44. The fraction of sp³-hybridized carbons (Fsp3) is 0.389. The van der Waals surface area contributed by atoms with E-state index in [1.165, 1.54) is 18.4 Å². The van der Waals surface area contributed by atoms with Crippen molar-refractivity contribution in [2.75, 3.05) is 0 Å². The molecule has 2 N–H and O–H groups in total. The zero-order chi connectivity index (χ0) is 15.1. The standard InChI is InChI=1S/C18H21N3O/c1-12-2-4-13(5-3-12)14-8-9-21(11-14)18(22)20-17-10-15-6-7-16(17)19-15/h2-5,8-9,11,15-17,19H,6-7,10H2,1H3,(H,20,22)/t15-,16+,17-/m1/s1. The van der Waals surface area contributed by atoms with Crippen molar-refractivity contribution in [3.05, 3.63) is 48.3 Å². The van der Waals surface area contributed by atoms with Gasteiger partial charge in [0.15, 0.2) is 0 Å². The second-order valence-electron chi connectivity index (χ2n) is 6.51. The van der Waals surface area contributed by atoms with Crippen LogP contribution >= 0.6 is 0 Å². The van der Waals surface area contributed by atoms with Gasteiger partial charge in [-0.15, -0.1) is 0 Å². The summed E-state index contributed by atoms with van der Waals surface area (Å²) in [4.78, 5) is 12.4. The van der Waals surface area contributed by atoms with Crippen LogP contribution in [0, 0.1) is 6.92 Å². The van der Waals surface area contributed by atoms with E-state index in [1.54, 1.807) is 4.57 Å². The summed E-state index contributed by atoms with van der Waals surface area (Å²) in [6.07, 6.45) is 7.22. The summed E-state index contributed by atoms with van der Waals surface area (Å²) in [7, 11) is 0. The monoisotopic (exact) mass is 295 g/mol. The zero-order valence-electron chi connectivity index (χ0n) is 12.8. The molecule has 2 fully saturated rings. The fourth-order valence-electron chi connectivity index (χ4n) is 3.66. The van der Waals surface area contributed by atoms with E-state index in [0.717, 1.165) is 17.5 Å². The first-order valence-corrected chi connectivity index (χ1v) is 8.01. The molecule has 114 valence electrons. The van der Waals surface area contributed by atoms with Gasteiger partial charge < -0.3 is 10.6 Å². The lowest BCUT2D eigenvalue weighted by Gasteiger charge is -2.21. The van der Waals surface area contributed by atoms with Crippen molar-refractivity contribution >= 4 is 6.03 Å². The highest BCUT2D eigenvalue weighted by molar-refractivity contribution is 5.79. The van der Waals surface area contributed by atoms with Crippen molar-refractivity contribution < 1.29 is 4.79 Å². The Balaban J connectivity index is 1.46. The molecule has 2 saturated heterocycles. The van der Waals surface area contributed by atoms with Gasteiger partial charge >= 0.3 is 6.03 Å². The Kier molecular flexibility index (Phi) is 3.26. The number of fused-ring (bicyclic) bond motifs is 2. The van der Waals surface area contributed by atoms with Crippen LogP contribution in [0.2, 0.25) is 0 Å². The van der Waals surface area contributed by atoms with Crippen LogP contribution in [-0.4, -0.2) is 28.7 Å². The van der Waals surface area contributed by atoms with Crippen LogP contribution in [0.1, 0.15) is 24.8 Å². The van der Waals surface area contributed by atoms with Crippen LogP contribution in [0.15, 0.2) is 42.7 Å². The summed E-state index contributed by atoms with van der Waals surface area (Å²) in [6.45, 7) is 2.08. The van der Waals surface area contributed by atoms with Crippen LogP contribution in [0.5, 0.6) is 0 Å². The second-order valence-corrected chi connectivity index (χ2v) is 6.51. The number of amides is 1. The van der Waals surface area contributed by atoms with Crippen molar-refractivity contribution in [3.8, 4) is 11.1 Å². The Hall–Kier alpha value is -2.07. The van der Waals surface area contributed by atoms with Crippen LogP contribution in [0.3, 0.4) is 0 Å². The van der Waals surface area contributed by atoms with Gasteiger partial charge in [0.05, 0.1) is 0 Å². The summed E-state index contributed by atoms with van der Waals surface area (Å²) in [5.41, 5.74) is 3.45. The molecule has 1 aromatic heterocycles. The third-order valence-electron chi connectivity index (χ3n) is 4.92. The highest BCUT2D eigenvalue weighted by Gasteiger charge is 2.39. The first-order chi connectivity index (χ1) is 10.7. The molecular formula is C18H21N3O. The highest BCUT2D eigenvalue weighted by Crippen LogP contribution is 2.28. The minimum atomic E-state index is -0.0299. The quantitative estimate of drug-likeness (QED) is 0.895. The Morgan fingerprint density at radius 2 is 2.00 bits per heavy atom. The molecule has 4 heteroatoms. The molecule has 2 aromatic rings. The number of aryl methyl sites for hydroxylation is 1. The molecule has 2 aliphatic rings. The molecule has 0 unspecified atom stereocenters. The van der Waals surface area contributed by atoms with E-state index in [2.05, 4.69) is 41.8 Å². The SMILES string of the molecule is Cc1ccc(-c2ccn(C(=O)N[C@@H]3C[C@H]4CC[C@@H]3N4)c2)cc1. The molecule has 1 aromatic carbocycles. The van der Waals surface area contributed by atoms with Crippen molar-refractivity contribution in [1.29, 1.82) is 0 Å². The first kappa shape index (κ1) is 13.6. The summed E-state index contributed by atoms with van der Waals surface area (Å²) >= 11 is 0. The van der Waals surface area contributed by atoms with Crippen molar-refractivity contribution in [2.24, 2.45) is 0 Å². The van der Waals surface area contributed by atoms with Gasteiger partial charge in [-0.3, -0.25) is 4.57 Å². The molecule has 3 atom stereocenters. The zero-order valence-corrected chi connectivity index (χ0v) is 12.8. The average molecular weight is 295 g/mol. The smallest absolute Gasteiger partial charge is 0.325 e. The highest BCUT2D eigenvalue weighted by atomic mass is 16.2. The lowest BCUT2D eigenvalue weighted by molar-refractivity contribution is 0.236. The average Bonchev–Trinajstić information content (AvgIpc) is 3.24. The molecule has 22 heavy (non-hydrogen) atoms. The Bertz CT molecular complexity index is 689. The number of aromatic nitrogens is 1. The molecule has 0 aliphatic carbocycles. The van der Waals surface area contributed by atoms with E-state index in [9.17, 15) is 4.79 Å². The van der Waals surface area contributed by atoms with E-state index in [1.807, 2.05) is 18.5 Å². The van der Waals surface area contributed by atoms with Gasteiger partial charge in [0.2, 0.25) is 0 Å². The van der Waals surface area contributed by atoms with Crippen molar-refractivity contribution in [1.82, 2.24) is 15.2 Å². The number of hydrogen-bond acceptors (Lipinski definition) is 2. The maximum Gasteiger partial charge on any atom is 0.325 e. The van der Waals surface area contributed by atoms with E-state index in [0.29, 0.717) is 12.1 Å². The molecular weight excluding hydrogens is 274 g/mol. The maximum absolute atomic E-state index is 12.4. The number of carbonyl (C=O) groups is 1. The summed E-state index contributed by atoms with van der Waals surface area (Å²) < 4.78 is 1.65. The van der Waals surface area contributed by atoms with Gasteiger partial charge in [0.25, 0.3) is 0 Å². The molecule has 0 radical (unpaired) electrons. The van der Waals surface area contributed by atoms with E-state index in [-0.39, 0.29) is 12.1 Å². The minimum absolute atomic E-state index is 0.0299. The maximum atomic E-state index is 12.4. The van der Waals surface area contributed by atoms with Crippen LogP contribution in [0.4, 0.5) is 4.79 Å². The number of benzene rings is 1. The number of hydrogen-bond donors (Lipinski definition) is 2. The lowest BCUT2D eigenvalue weighted by atomic mass is 9.96. The van der Waals surface area contributed by atoms with Crippen LogP contribution in [-0.2, 0) is 0 Å². The van der Waals surface area contributed by atoms with Gasteiger partial charge in [-0.2, -0.15) is 0 Å². The van der Waals surface area contributed by atoms with Gasteiger partial charge in [-0.25, -0.2) is 4.79 Å². The predicted octanol–water partition coefficient (Wildman–Crippen LogP) is 2.91. The molecule has 0 spiro atoms. The number of nitrogens with one attached hydrogen (secondary N) is 2. The van der Waals surface area contributed by atoms with E-state index < -0.39 is 0 Å². The summed E-state index contributed by atoms with van der Waals surface area (Å²) in [5.74, 6) is 0. The van der Waals surface area contributed by atoms with Gasteiger partial charge in [-0.05, 0) is 43.4 Å². The van der Waals surface area contributed by atoms with E-state index >= 15 is 0 Å². The molecule has 4 nitrogen and oxygen atoms in total. The Morgan fingerprint density at radius 1 is 1.18 bits per heavy atom. The number of nitrogens with zero attached hydrogens (tertiary/aromatic N) is 1. The van der Waals surface area contributed by atoms with Gasteiger partial charge in [-0.1, -0.05) is 29.8 Å².